The fourth-order valence-electron chi connectivity index (χ4n) is 1.09. The Hall–Kier alpha value is -0.830. The third kappa shape index (κ3) is 2.72. The predicted octanol–water partition coefficient (Wildman–Crippen LogP) is 0.631. The van der Waals surface area contributed by atoms with Gasteiger partial charge in [0.1, 0.15) is 12.7 Å². The van der Waals surface area contributed by atoms with Gasteiger partial charge >= 0.3 is 5.97 Å². The minimum atomic E-state index is -0.540. The van der Waals surface area contributed by atoms with E-state index in [9.17, 15) is 4.79 Å². The molecule has 0 aromatic rings. The van der Waals surface area contributed by atoms with E-state index in [1.54, 1.807) is 0 Å². The van der Waals surface area contributed by atoms with Crippen LogP contribution >= 0.6 is 0 Å². The number of rotatable bonds is 2. The number of aliphatic hydroxyl groups excluding tert-OH is 1. The quantitative estimate of drug-likeness (QED) is 0.471. The molecule has 0 aliphatic heterocycles. The summed E-state index contributed by atoms with van der Waals surface area (Å²) in [6.07, 6.45) is 6.76. The van der Waals surface area contributed by atoms with Gasteiger partial charge < -0.3 is 9.84 Å². The summed E-state index contributed by atoms with van der Waals surface area (Å²) in [6, 6.07) is 0. The zero-order valence-electron chi connectivity index (χ0n) is 6.32. The highest BCUT2D eigenvalue weighted by Gasteiger charge is 2.11. The van der Waals surface area contributed by atoms with Crippen molar-refractivity contribution >= 4 is 5.97 Å². The number of aliphatic hydroxyl groups is 1. The molecule has 1 N–H and O–H groups in total. The van der Waals surface area contributed by atoms with Crippen LogP contribution < -0.4 is 0 Å². The van der Waals surface area contributed by atoms with Crippen LogP contribution in [0, 0.1) is 0 Å². The maximum Gasteiger partial charge on any atom is 0.332 e. The van der Waals surface area contributed by atoms with Crippen LogP contribution in [0.25, 0.3) is 0 Å². The van der Waals surface area contributed by atoms with Gasteiger partial charge in [0.2, 0.25) is 0 Å². The lowest BCUT2D eigenvalue weighted by molar-refractivity contribution is -0.150. The molecule has 0 heterocycles. The van der Waals surface area contributed by atoms with Crippen molar-refractivity contribution < 1.29 is 14.6 Å². The molecule has 0 radical (unpaired) electrons. The Morgan fingerprint density at radius 2 is 2.55 bits per heavy atom. The highest BCUT2D eigenvalue weighted by molar-refractivity contribution is 5.70. The Kier molecular flexibility index (Phi) is 3.11. The summed E-state index contributed by atoms with van der Waals surface area (Å²) in [6.45, 7) is -0.523. The van der Waals surface area contributed by atoms with Crippen molar-refractivity contribution in [3.8, 4) is 0 Å². The molecule has 0 fully saturated rings. The van der Waals surface area contributed by atoms with Gasteiger partial charge in [-0.1, -0.05) is 6.08 Å². The molecule has 3 nitrogen and oxygen atoms in total. The van der Waals surface area contributed by atoms with E-state index < -0.39 is 12.6 Å². The SMILES string of the molecule is O=C(CO)OC1C=CCCC1. The van der Waals surface area contributed by atoms with Crippen LogP contribution in [-0.2, 0) is 9.53 Å². The second-order valence-corrected chi connectivity index (χ2v) is 2.55. The number of carbonyl (C=O) groups is 1. The Bertz CT molecular complexity index is 163. The minimum Gasteiger partial charge on any atom is -0.456 e. The topological polar surface area (TPSA) is 46.5 Å². The van der Waals surface area contributed by atoms with Crippen molar-refractivity contribution in [1.82, 2.24) is 0 Å². The van der Waals surface area contributed by atoms with Crippen LogP contribution in [0.15, 0.2) is 12.2 Å². The first kappa shape index (κ1) is 8.27. The molecule has 0 bridgehead atoms. The molecule has 0 saturated carbocycles. The fraction of sp³-hybridized carbons (Fsp3) is 0.625. The monoisotopic (exact) mass is 156 g/mol. The van der Waals surface area contributed by atoms with Crippen LogP contribution in [0.1, 0.15) is 19.3 Å². The second-order valence-electron chi connectivity index (χ2n) is 2.55. The van der Waals surface area contributed by atoms with Crippen LogP contribution in [-0.4, -0.2) is 23.8 Å². The average molecular weight is 156 g/mol. The van der Waals surface area contributed by atoms with E-state index in [1.165, 1.54) is 0 Å². The first-order valence-electron chi connectivity index (χ1n) is 3.80. The molecule has 3 heteroatoms. The number of esters is 1. The van der Waals surface area contributed by atoms with E-state index in [2.05, 4.69) is 0 Å². The van der Waals surface area contributed by atoms with Crippen LogP contribution in [0.3, 0.4) is 0 Å². The molecule has 62 valence electrons. The van der Waals surface area contributed by atoms with Crippen molar-refractivity contribution in [2.45, 2.75) is 25.4 Å². The van der Waals surface area contributed by atoms with Gasteiger partial charge in [0, 0.05) is 0 Å². The maximum absolute atomic E-state index is 10.6. The molecule has 0 aromatic heterocycles. The molecule has 1 aliphatic carbocycles. The summed E-state index contributed by atoms with van der Waals surface area (Å²) in [5.41, 5.74) is 0. The van der Waals surface area contributed by atoms with Crippen molar-refractivity contribution in [2.24, 2.45) is 0 Å². The number of hydrogen-bond acceptors (Lipinski definition) is 3. The molecule has 11 heavy (non-hydrogen) atoms. The van der Waals surface area contributed by atoms with Gasteiger partial charge in [-0.3, -0.25) is 0 Å². The molecule has 0 saturated heterocycles. The fourth-order valence-corrected chi connectivity index (χ4v) is 1.09. The molecule has 0 spiro atoms. The number of ether oxygens (including phenoxy) is 1. The molecule has 0 amide bonds. The van der Waals surface area contributed by atoms with Crippen LogP contribution in [0.2, 0.25) is 0 Å². The number of carbonyl (C=O) groups excluding carboxylic acids is 1. The molecular weight excluding hydrogens is 144 g/mol. The normalized spacial score (nSPS) is 23.2. The summed E-state index contributed by atoms with van der Waals surface area (Å²) in [5.74, 6) is -0.540. The zero-order valence-corrected chi connectivity index (χ0v) is 6.32. The largest absolute Gasteiger partial charge is 0.456 e. The van der Waals surface area contributed by atoms with Crippen molar-refractivity contribution in [3.05, 3.63) is 12.2 Å². The standard InChI is InChI=1S/C8H12O3/c9-6-8(10)11-7-4-2-1-3-5-7/h2,4,7,9H,1,3,5-6H2. The lowest BCUT2D eigenvalue weighted by Gasteiger charge is -2.15. The lowest BCUT2D eigenvalue weighted by atomic mass is 10.1. The first-order valence-corrected chi connectivity index (χ1v) is 3.80. The van der Waals surface area contributed by atoms with E-state index >= 15 is 0 Å². The van der Waals surface area contributed by atoms with Crippen molar-refractivity contribution in [2.75, 3.05) is 6.61 Å². The van der Waals surface area contributed by atoms with E-state index in [0.29, 0.717) is 0 Å². The van der Waals surface area contributed by atoms with Crippen LogP contribution in [0.5, 0.6) is 0 Å². The summed E-state index contributed by atoms with van der Waals surface area (Å²) >= 11 is 0. The van der Waals surface area contributed by atoms with Gasteiger partial charge in [-0.15, -0.1) is 0 Å². The second kappa shape index (κ2) is 4.13. The van der Waals surface area contributed by atoms with E-state index in [1.807, 2.05) is 12.2 Å². The molecular formula is C8H12O3. The van der Waals surface area contributed by atoms with Gasteiger partial charge in [0.25, 0.3) is 0 Å². The summed E-state index contributed by atoms with van der Waals surface area (Å²) in [4.78, 5) is 10.6. The van der Waals surface area contributed by atoms with Gasteiger partial charge in [-0.25, -0.2) is 4.79 Å². The highest BCUT2D eigenvalue weighted by atomic mass is 16.6. The van der Waals surface area contributed by atoms with Crippen molar-refractivity contribution in [1.29, 1.82) is 0 Å². The number of allylic oxidation sites excluding steroid dienone is 1. The molecule has 1 atom stereocenters. The molecule has 1 rings (SSSR count). The smallest absolute Gasteiger partial charge is 0.332 e. The van der Waals surface area contributed by atoms with E-state index in [4.69, 9.17) is 9.84 Å². The third-order valence-electron chi connectivity index (χ3n) is 1.62. The van der Waals surface area contributed by atoms with Gasteiger partial charge in [0.15, 0.2) is 0 Å². The molecule has 1 aliphatic rings. The first-order chi connectivity index (χ1) is 5.33. The zero-order chi connectivity index (χ0) is 8.10. The Morgan fingerprint density at radius 1 is 1.73 bits per heavy atom. The lowest BCUT2D eigenvalue weighted by Crippen LogP contribution is -2.19. The van der Waals surface area contributed by atoms with Gasteiger partial charge in [-0.05, 0) is 25.3 Å². The average Bonchev–Trinajstić information content (AvgIpc) is 2.06. The summed E-state index contributed by atoms with van der Waals surface area (Å²) in [5, 5.41) is 8.37. The minimum absolute atomic E-state index is 0.108. The highest BCUT2D eigenvalue weighted by Crippen LogP contribution is 2.13. The third-order valence-corrected chi connectivity index (χ3v) is 1.62. The van der Waals surface area contributed by atoms with Crippen molar-refractivity contribution in [3.63, 3.8) is 0 Å². The molecule has 0 aromatic carbocycles. The number of hydrogen-bond donors (Lipinski definition) is 1. The predicted molar refractivity (Wildman–Crippen MR) is 40.0 cm³/mol. The Labute approximate surface area is 65.7 Å². The van der Waals surface area contributed by atoms with Crippen LogP contribution in [0.4, 0.5) is 0 Å². The van der Waals surface area contributed by atoms with E-state index in [0.717, 1.165) is 19.3 Å². The van der Waals surface area contributed by atoms with Gasteiger partial charge in [-0.2, -0.15) is 0 Å². The Morgan fingerprint density at radius 3 is 3.09 bits per heavy atom. The van der Waals surface area contributed by atoms with E-state index in [-0.39, 0.29) is 6.10 Å². The maximum atomic E-state index is 10.6. The van der Waals surface area contributed by atoms with Gasteiger partial charge in [0.05, 0.1) is 0 Å². The summed E-state index contributed by atoms with van der Waals surface area (Å²) < 4.78 is 4.86. The summed E-state index contributed by atoms with van der Waals surface area (Å²) in [7, 11) is 0. The molecule has 1 unspecified atom stereocenters. The Balaban J connectivity index is 2.30.